The maximum Gasteiger partial charge on any atom is 0.342 e. The van der Waals surface area contributed by atoms with Crippen molar-refractivity contribution in [3.8, 4) is 0 Å². The van der Waals surface area contributed by atoms with Crippen molar-refractivity contribution in [2.75, 3.05) is 11.5 Å². The van der Waals surface area contributed by atoms with Crippen molar-refractivity contribution in [3.05, 3.63) is 36.0 Å². The van der Waals surface area contributed by atoms with E-state index in [4.69, 9.17) is 10.7 Å². The molecule has 0 amide bonds. The van der Waals surface area contributed by atoms with E-state index in [2.05, 4.69) is 26.4 Å². The molecule has 0 saturated heterocycles. The quantitative estimate of drug-likeness (QED) is 0.513. The third-order valence-electron chi connectivity index (χ3n) is 3.99. The molecule has 0 spiro atoms. The number of hydrogen-bond acceptors (Lipinski definition) is 6. The van der Waals surface area contributed by atoms with Crippen LogP contribution in [0, 0.1) is 6.92 Å². The Morgan fingerprint density at radius 1 is 1.24 bits per heavy atom. The summed E-state index contributed by atoms with van der Waals surface area (Å²) in [5.74, 6) is 1.97. The molecule has 3 aromatic rings. The fourth-order valence-corrected chi connectivity index (χ4v) is 3.80. The number of pyridine rings is 1. The predicted octanol–water partition coefficient (Wildman–Crippen LogP) is 2.26. The summed E-state index contributed by atoms with van der Waals surface area (Å²) in [5, 5.41) is 0.386. The van der Waals surface area contributed by atoms with Crippen LogP contribution in [0.15, 0.2) is 29.8 Å². The molecule has 0 fully saturated rings. The zero-order valence-electron chi connectivity index (χ0n) is 14.5. The van der Waals surface area contributed by atoms with Crippen molar-refractivity contribution in [1.29, 1.82) is 0 Å². The second kappa shape index (κ2) is 7.79. The van der Waals surface area contributed by atoms with E-state index in [1.54, 1.807) is 24.7 Å². The van der Waals surface area contributed by atoms with Gasteiger partial charge in [0.05, 0.1) is 5.52 Å². The molecular weight excluding hydrogens is 336 g/mol. The standard InChI is InChI=1S/C17H22N6OS/c1-3-6-13-22-14-15(12(2)11-21-16(14)18)23(13)9-5-10-25(24)17-19-7-4-8-20-17/h4,7-8,11H,3,5-6,9-10H2,1-2H3,(H2,18,21). The van der Waals surface area contributed by atoms with Gasteiger partial charge in [0.15, 0.2) is 5.82 Å². The van der Waals surface area contributed by atoms with Crippen LogP contribution in [0.3, 0.4) is 0 Å². The van der Waals surface area contributed by atoms with Gasteiger partial charge in [-0.1, -0.05) is 6.92 Å². The number of hydrogen-bond donors (Lipinski definition) is 1. The highest BCUT2D eigenvalue weighted by Crippen LogP contribution is 2.24. The van der Waals surface area contributed by atoms with Crippen LogP contribution in [0.4, 0.5) is 5.82 Å². The minimum atomic E-state index is -1.19. The SMILES string of the molecule is CCCc1nc2c(N)ncc(C)c2n1CCC[S+]([O-])c1ncccn1. The highest BCUT2D eigenvalue weighted by molar-refractivity contribution is 7.91. The molecule has 0 saturated carbocycles. The lowest BCUT2D eigenvalue weighted by Crippen LogP contribution is -2.14. The first kappa shape index (κ1) is 17.6. The molecule has 0 bridgehead atoms. The topological polar surface area (TPSA) is 106 Å². The Morgan fingerprint density at radius 3 is 2.72 bits per heavy atom. The van der Waals surface area contributed by atoms with Crippen molar-refractivity contribution >= 4 is 28.0 Å². The zero-order chi connectivity index (χ0) is 17.8. The highest BCUT2D eigenvalue weighted by atomic mass is 32.2. The Kier molecular flexibility index (Phi) is 5.50. The van der Waals surface area contributed by atoms with Crippen molar-refractivity contribution in [3.63, 3.8) is 0 Å². The number of rotatable bonds is 7. The van der Waals surface area contributed by atoms with Crippen LogP contribution in [-0.4, -0.2) is 34.8 Å². The van der Waals surface area contributed by atoms with Gasteiger partial charge in [-0.25, -0.2) is 9.97 Å². The summed E-state index contributed by atoms with van der Waals surface area (Å²) in [6.07, 6.45) is 7.62. The second-order valence-corrected chi connectivity index (χ2v) is 7.35. The van der Waals surface area contributed by atoms with Crippen molar-refractivity contribution in [2.45, 2.75) is 44.8 Å². The second-order valence-electron chi connectivity index (χ2n) is 5.89. The number of fused-ring (bicyclic) bond motifs is 1. The number of imidazole rings is 1. The predicted molar refractivity (Wildman–Crippen MR) is 98.6 cm³/mol. The van der Waals surface area contributed by atoms with Crippen LogP contribution in [0.1, 0.15) is 31.2 Å². The molecule has 0 aliphatic rings. The van der Waals surface area contributed by atoms with Gasteiger partial charge in [-0.15, -0.1) is 0 Å². The van der Waals surface area contributed by atoms with Gasteiger partial charge < -0.3 is 14.9 Å². The van der Waals surface area contributed by atoms with Crippen molar-refractivity contribution in [1.82, 2.24) is 24.5 Å². The number of aromatic nitrogens is 5. The molecule has 8 heteroatoms. The molecule has 2 N–H and O–H groups in total. The van der Waals surface area contributed by atoms with Crippen LogP contribution in [-0.2, 0) is 24.1 Å². The van der Waals surface area contributed by atoms with Gasteiger partial charge in [0.2, 0.25) is 0 Å². The third kappa shape index (κ3) is 3.74. The number of nitrogens with zero attached hydrogens (tertiary/aromatic N) is 5. The number of nitrogens with two attached hydrogens (primary N) is 1. The summed E-state index contributed by atoms with van der Waals surface area (Å²) in [7, 11) is 0. The fourth-order valence-electron chi connectivity index (χ4n) is 2.87. The molecule has 0 radical (unpaired) electrons. The van der Waals surface area contributed by atoms with E-state index < -0.39 is 11.2 Å². The molecule has 7 nitrogen and oxygen atoms in total. The Balaban J connectivity index is 1.80. The van der Waals surface area contributed by atoms with E-state index in [1.807, 2.05) is 6.92 Å². The van der Waals surface area contributed by atoms with E-state index in [-0.39, 0.29) is 0 Å². The summed E-state index contributed by atoms with van der Waals surface area (Å²) >= 11 is -1.19. The van der Waals surface area contributed by atoms with Gasteiger partial charge in [-0.2, -0.15) is 9.97 Å². The van der Waals surface area contributed by atoms with E-state index >= 15 is 0 Å². The highest BCUT2D eigenvalue weighted by Gasteiger charge is 2.17. The maximum atomic E-state index is 12.3. The Hall–Kier alpha value is -2.19. The lowest BCUT2D eigenvalue weighted by molar-refractivity contribution is 0.575. The summed E-state index contributed by atoms with van der Waals surface area (Å²) < 4.78 is 14.5. The molecule has 1 unspecified atom stereocenters. The Labute approximate surface area is 149 Å². The van der Waals surface area contributed by atoms with Gasteiger partial charge in [-0.3, -0.25) is 0 Å². The monoisotopic (exact) mass is 358 g/mol. The normalized spacial score (nSPS) is 12.6. The Bertz CT molecular complexity index is 851. The smallest absolute Gasteiger partial charge is 0.342 e. The molecule has 3 heterocycles. The first-order chi connectivity index (χ1) is 12.1. The minimum absolute atomic E-state index is 0.386. The maximum absolute atomic E-state index is 12.3. The first-order valence-corrected chi connectivity index (χ1v) is 9.69. The third-order valence-corrected chi connectivity index (χ3v) is 5.27. The molecule has 25 heavy (non-hydrogen) atoms. The molecule has 0 aliphatic carbocycles. The first-order valence-electron chi connectivity index (χ1n) is 8.37. The van der Waals surface area contributed by atoms with Crippen LogP contribution in [0.5, 0.6) is 0 Å². The fraction of sp³-hybridized carbons (Fsp3) is 0.412. The lowest BCUT2D eigenvalue weighted by atomic mass is 10.2. The van der Waals surface area contributed by atoms with Crippen LogP contribution in [0.2, 0.25) is 0 Å². The van der Waals surface area contributed by atoms with Gasteiger partial charge in [0, 0.05) is 49.2 Å². The summed E-state index contributed by atoms with van der Waals surface area (Å²) in [5.41, 5.74) is 8.84. The van der Waals surface area contributed by atoms with E-state index in [0.717, 1.165) is 48.2 Å². The summed E-state index contributed by atoms with van der Waals surface area (Å²) in [4.78, 5) is 17.0. The van der Waals surface area contributed by atoms with Crippen molar-refractivity contribution < 1.29 is 4.55 Å². The van der Waals surface area contributed by atoms with Crippen LogP contribution >= 0.6 is 0 Å². The van der Waals surface area contributed by atoms with Gasteiger partial charge in [0.1, 0.15) is 17.1 Å². The molecule has 3 rings (SSSR count). The van der Waals surface area contributed by atoms with Gasteiger partial charge in [-0.05, 0) is 25.0 Å². The molecular formula is C17H22N6OS. The van der Waals surface area contributed by atoms with E-state index in [9.17, 15) is 4.55 Å². The summed E-state index contributed by atoms with van der Waals surface area (Å²) in [6.45, 7) is 4.87. The molecule has 3 aromatic heterocycles. The molecule has 0 aliphatic heterocycles. The van der Waals surface area contributed by atoms with E-state index in [0.29, 0.717) is 16.7 Å². The minimum Gasteiger partial charge on any atom is -0.609 e. The average Bonchev–Trinajstić information content (AvgIpc) is 2.99. The van der Waals surface area contributed by atoms with Gasteiger partial charge >= 0.3 is 5.16 Å². The largest absolute Gasteiger partial charge is 0.609 e. The van der Waals surface area contributed by atoms with E-state index in [1.165, 1.54) is 0 Å². The molecule has 132 valence electrons. The van der Waals surface area contributed by atoms with Gasteiger partial charge in [0.25, 0.3) is 0 Å². The van der Waals surface area contributed by atoms with Crippen molar-refractivity contribution in [2.24, 2.45) is 0 Å². The Morgan fingerprint density at radius 2 is 2.00 bits per heavy atom. The molecule has 1 atom stereocenters. The lowest BCUT2D eigenvalue weighted by Gasteiger charge is -2.11. The summed E-state index contributed by atoms with van der Waals surface area (Å²) in [6, 6.07) is 1.72. The molecule has 0 aromatic carbocycles. The average molecular weight is 358 g/mol. The van der Waals surface area contributed by atoms with Crippen LogP contribution < -0.4 is 5.73 Å². The van der Waals surface area contributed by atoms with Crippen LogP contribution in [0.25, 0.3) is 11.0 Å². The number of aryl methyl sites for hydroxylation is 3. The number of nitrogen functional groups attached to an aromatic ring is 1. The zero-order valence-corrected chi connectivity index (χ0v) is 15.3. The number of anilines is 1.